The topological polar surface area (TPSA) is 50.7 Å². The summed E-state index contributed by atoms with van der Waals surface area (Å²) in [7, 11) is 2.00. The molecule has 1 unspecified atom stereocenters. The molecule has 1 atom stereocenters. The zero-order valence-electron chi connectivity index (χ0n) is 10.4. The van der Waals surface area contributed by atoms with Crippen LogP contribution in [0.2, 0.25) is 0 Å². The minimum absolute atomic E-state index is 0.403. The third-order valence-corrected chi connectivity index (χ3v) is 3.47. The SMILES string of the molecule is CNC1CCCc2nc(-c3ccncc3)ncc21. The van der Waals surface area contributed by atoms with Crippen LogP contribution in [0.3, 0.4) is 0 Å². The summed E-state index contributed by atoms with van der Waals surface area (Å²) in [5, 5.41) is 3.33. The van der Waals surface area contributed by atoms with Crippen LogP contribution in [0.25, 0.3) is 11.4 Å². The van der Waals surface area contributed by atoms with Crippen LogP contribution in [-0.2, 0) is 6.42 Å². The Bertz CT molecular complexity index is 539. The number of aryl methyl sites for hydroxylation is 1. The number of fused-ring (bicyclic) bond motifs is 1. The molecule has 2 heterocycles. The van der Waals surface area contributed by atoms with Crippen LogP contribution in [0.1, 0.15) is 30.1 Å². The third kappa shape index (κ3) is 1.99. The third-order valence-electron chi connectivity index (χ3n) is 3.47. The lowest BCUT2D eigenvalue weighted by molar-refractivity contribution is 0.488. The van der Waals surface area contributed by atoms with Crippen molar-refractivity contribution < 1.29 is 0 Å². The number of hydrogen-bond donors (Lipinski definition) is 1. The van der Waals surface area contributed by atoms with Crippen LogP contribution in [0.5, 0.6) is 0 Å². The van der Waals surface area contributed by atoms with Gasteiger partial charge in [-0.25, -0.2) is 9.97 Å². The molecule has 1 aliphatic carbocycles. The summed E-state index contributed by atoms with van der Waals surface area (Å²) in [5.41, 5.74) is 3.46. The molecule has 4 nitrogen and oxygen atoms in total. The highest BCUT2D eigenvalue weighted by Crippen LogP contribution is 2.28. The highest BCUT2D eigenvalue weighted by Gasteiger charge is 2.20. The largest absolute Gasteiger partial charge is 0.313 e. The van der Waals surface area contributed by atoms with E-state index in [-0.39, 0.29) is 0 Å². The van der Waals surface area contributed by atoms with Gasteiger partial charge in [0.15, 0.2) is 5.82 Å². The first-order valence-electron chi connectivity index (χ1n) is 6.32. The van der Waals surface area contributed by atoms with Gasteiger partial charge in [0.1, 0.15) is 0 Å². The van der Waals surface area contributed by atoms with Crippen LogP contribution in [0.4, 0.5) is 0 Å². The monoisotopic (exact) mass is 240 g/mol. The maximum atomic E-state index is 4.70. The predicted molar refractivity (Wildman–Crippen MR) is 70.0 cm³/mol. The summed E-state index contributed by atoms with van der Waals surface area (Å²) in [6, 6.07) is 4.29. The van der Waals surface area contributed by atoms with Gasteiger partial charge in [0.25, 0.3) is 0 Å². The molecule has 0 radical (unpaired) electrons. The van der Waals surface area contributed by atoms with E-state index >= 15 is 0 Å². The normalized spacial score (nSPS) is 18.4. The lowest BCUT2D eigenvalue weighted by Crippen LogP contribution is -2.22. The standard InChI is InChI=1S/C14H16N4/c1-15-12-3-2-4-13-11(12)9-17-14(18-13)10-5-7-16-8-6-10/h5-9,12,15H,2-4H2,1H3. The molecule has 2 aromatic rings. The van der Waals surface area contributed by atoms with Crippen molar-refractivity contribution in [2.24, 2.45) is 0 Å². The van der Waals surface area contributed by atoms with Crippen molar-refractivity contribution in [3.63, 3.8) is 0 Å². The average Bonchev–Trinajstić information content (AvgIpc) is 2.47. The Morgan fingerprint density at radius 2 is 2.11 bits per heavy atom. The Morgan fingerprint density at radius 1 is 1.28 bits per heavy atom. The van der Waals surface area contributed by atoms with Gasteiger partial charge in [-0.2, -0.15) is 0 Å². The van der Waals surface area contributed by atoms with Crippen molar-refractivity contribution in [2.75, 3.05) is 7.05 Å². The second-order valence-electron chi connectivity index (χ2n) is 4.57. The van der Waals surface area contributed by atoms with Gasteiger partial charge in [0, 0.05) is 41.5 Å². The first kappa shape index (κ1) is 11.3. The second-order valence-corrected chi connectivity index (χ2v) is 4.57. The summed E-state index contributed by atoms with van der Waals surface area (Å²) in [5.74, 6) is 0.799. The van der Waals surface area contributed by atoms with Crippen molar-refractivity contribution in [1.29, 1.82) is 0 Å². The summed E-state index contributed by atoms with van der Waals surface area (Å²) >= 11 is 0. The highest BCUT2D eigenvalue weighted by molar-refractivity contribution is 5.54. The fraction of sp³-hybridized carbons (Fsp3) is 0.357. The molecule has 0 aliphatic heterocycles. The smallest absolute Gasteiger partial charge is 0.159 e. The molecule has 0 amide bonds. The number of aromatic nitrogens is 3. The summed E-state index contributed by atoms with van der Waals surface area (Å²) < 4.78 is 0. The minimum Gasteiger partial charge on any atom is -0.313 e. The second kappa shape index (κ2) is 4.82. The minimum atomic E-state index is 0.403. The molecule has 2 aromatic heterocycles. The van der Waals surface area contributed by atoms with Crippen LogP contribution in [0, 0.1) is 0 Å². The molecular formula is C14H16N4. The molecule has 0 spiro atoms. The summed E-state index contributed by atoms with van der Waals surface area (Å²) in [6.07, 6.45) is 8.92. The van der Waals surface area contributed by atoms with E-state index < -0.39 is 0 Å². The van der Waals surface area contributed by atoms with Crippen molar-refractivity contribution in [2.45, 2.75) is 25.3 Å². The first-order chi connectivity index (χ1) is 8.88. The number of nitrogens with one attached hydrogen (secondary N) is 1. The Kier molecular flexibility index (Phi) is 3.02. The van der Waals surface area contributed by atoms with Crippen LogP contribution < -0.4 is 5.32 Å². The quantitative estimate of drug-likeness (QED) is 0.873. The zero-order chi connectivity index (χ0) is 12.4. The Balaban J connectivity index is 2.01. The maximum absolute atomic E-state index is 4.70. The molecule has 1 aliphatic rings. The number of nitrogens with zero attached hydrogens (tertiary/aromatic N) is 3. The average molecular weight is 240 g/mol. The van der Waals surface area contributed by atoms with Gasteiger partial charge in [-0.05, 0) is 38.4 Å². The highest BCUT2D eigenvalue weighted by atomic mass is 14.9. The molecule has 0 saturated carbocycles. The fourth-order valence-electron chi connectivity index (χ4n) is 2.49. The van der Waals surface area contributed by atoms with Gasteiger partial charge < -0.3 is 5.32 Å². The van der Waals surface area contributed by atoms with E-state index in [9.17, 15) is 0 Å². The molecule has 92 valence electrons. The lowest BCUT2D eigenvalue weighted by atomic mass is 9.92. The Hall–Kier alpha value is -1.81. The van der Waals surface area contributed by atoms with Crippen molar-refractivity contribution in [3.05, 3.63) is 42.0 Å². The van der Waals surface area contributed by atoms with Crippen LogP contribution in [0.15, 0.2) is 30.7 Å². The lowest BCUT2D eigenvalue weighted by Gasteiger charge is -2.24. The van der Waals surface area contributed by atoms with E-state index in [2.05, 4.69) is 15.3 Å². The Morgan fingerprint density at radius 3 is 2.89 bits per heavy atom. The molecule has 1 N–H and O–H groups in total. The molecule has 0 fully saturated rings. The Labute approximate surface area is 107 Å². The molecule has 4 heteroatoms. The van der Waals surface area contributed by atoms with E-state index in [4.69, 9.17) is 4.98 Å². The molecule has 0 saturated heterocycles. The van der Waals surface area contributed by atoms with Gasteiger partial charge in [0.05, 0.1) is 0 Å². The molecule has 0 aromatic carbocycles. The molecule has 3 rings (SSSR count). The number of pyridine rings is 1. The summed E-state index contributed by atoms with van der Waals surface area (Å²) in [6.45, 7) is 0. The van der Waals surface area contributed by atoms with Crippen molar-refractivity contribution >= 4 is 0 Å². The van der Waals surface area contributed by atoms with Crippen molar-refractivity contribution in [1.82, 2.24) is 20.3 Å². The van der Waals surface area contributed by atoms with Gasteiger partial charge in [0.2, 0.25) is 0 Å². The van der Waals surface area contributed by atoms with Crippen molar-refractivity contribution in [3.8, 4) is 11.4 Å². The summed E-state index contributed by atoms with van der Waals surface area (Å²) in [4.78, 5) is 13.2. The zero-order valence-corrected chi connectivity index (χ0v) is 10.4. The van der Waals surface area contributed by atoms with E-state index in [1.807, 2.05) is 25.4 Å². The fourth-order valence-corrected chi connectivity index (χ4v) is 2.49. The number of hydrogen-bond acceptors (Lipinski definition) is 4. The van der Waals surface area contributed by atoms with Gasteiger partial charge in [-0.1, -0.05) is 0 Å². The number of rotatable bonds is 2. The molecule has 0 bridgehead atoms. The van der Waals surface area contributed by atoms with Crippen LogP contribution >= 0.6 is 0 Å². The van der Waals surface area contributed by atoms with Gasteiger partial charge in [-0.3, -0.25) is 4.98 Å². The molecular weight excluding hydrogens is 224 g/mol. The molecule has 18 heavy (non-hydrogen) atoms. The van der Waals surface area contributed by atoms with Gasteiger partial charge in [-0.15, -0.1) is 0 Å². The van der Waals surface area contributed by atoms with E-state index in [0.717, 1.165) is 17.8 Å². The van der Waals surface area contributed by atoms with E-state index in [0.29, 0.717) is 6.04 Å². The van der Waals surface area contributed by atoms with E-state index in [1.54, 1.807) is 12.4 Å². The maximum Gasteiger partial charge on any atom is 0.159 e. The van der Waals surface area contributed by atoms with Crippen LogP contribution in [-0.4, -0.2) is 22.0 Å². The van der Waals surface area contributed by atoms with Gasteiger partial charge >= 0.3 is 0 Å². The predicted octanol–water partition coefficient (Wildman–Crippen LogP) is 2.14. The first-order valence-corrected chi connectivity index (χ1v) is 6.32. The van der Waals surface area contributed by atoms with E-state index in [1.165, 1.54) is 24.1 Å².